The van der Waals surface area contributed by atoms with Gasteiger partial charge in [0.05, 0.1) is 0 Å². The molecule has 0 saturated carbocycles. The van der Waals surface area contributed by atoms with Crippen LogP contribution in [0.4, 0.5) is 0 Å². The number of benzene rings is 1. The van der Waals surface area contributed by atoms with E-state index in [1.165, 1.54) is 33.8 Å². The maximum absolute atomic E-state index is 9.55. The van der Waals surface area contributed by atoms with Crippen molar-refractivity contribution in [2.75, 3.05) is 13.6 Å². The fourth-order valence-electron chi connectivity index (χ4n) is 2.49. The SMILES string of the molecule is CN1CCc2cc(-c3ccc(Cl)cc3)sc2C1.O=C(O)/C=C\C(=O)O.O=C(O)/C=C\C(=O)O. The van der Waals surface area contributed by atoms with Gasteiger partial charge in [-0.25, -0.2) is 19.2 Å². The number of carboxylic acid groups (broad SMARTS) is 4. The van der Waals surface area contributed by atoms with Gasteiger partial charge in [-0.15, -0.1) is 11.3 Å². The minimum atomic E-state index is -1.26. The monoisotopic (exact) mass is 495 g/mol. The third-order valence-electron chi connectivity index (χ3n) is 3.94. The van der Waals surface area contributed by atoms with Crippen molar-refractivity contribution in [1.29, 1.82) is 0 Å². The van der Waals surface area contributed by atoms with Crippen LogP contribution in [0.2, 0.25) is 5.02 Å². The second-order valence-corrected chi connectivity index (χ2v) is 8.15. The lowest BCUT2D eigenvalue weighted by Crippen LogP contribution is -2.24. The Morgan fingerprint density at radius 3 is 1.76 bits per heavy atom. The lowest BCUT2D eigenvalue weighted by atomic mass is 10.1. The summed E-state index contributed by atoms with van der Waals surface area (Å²) < 4.78 is 0. The van der Waals surface area contributed by atoms with Gasteiger partial charge >= 0.3 is 23.9 Å². The lowest BCUT2D eigenvalue weighted by Gasteiger charge is -2.21. The summed E-state index contributed by atoms with van der Waals surface area (Å²) in [6.45, 7) is 2.26. The number of nitrogens with zero attached hydrogens (tertiary/aromatic N) is 1. The normalized spacial score (nSPS) is 12.8. The molecule has 0 unspecified atom stereocenters. The van der Waals surface area contributed by atoms with Gasteiger partial charge in [0.25, 0.3) is 0 Å². The highest BCUT2D eigenvalue weighted by Gasteiger charge is 2.16. The number of halogens is 1. The topological polar surface area (TPSA) is 152 Å². The van der Waals surface area contributed by atoms with E-state index in [0.29, 0.717) is 24.3 Å². The zero-order valence-corrected chi connectivity index (χ0v) is 19.0. The van der Waals surface area contributed by atoms with Crippen LogP contribution in [0, 0.1) is 0 Å². The molecule has 4 N–H and O–H groups in total. The Balaban J connectivity index is 0.000000288. The first-order chi connectivity index (χ1) is 15.5. The molecule has 1 aromatic carbocycles. The molecule has 0 bridgehead atoms. The lowest BCUT2D eigenvalue weighted by molar-refractivity contribution is -0.134. The largest absolute Gasteiger partial charge is 0.478 e. The Morgan fingerprint density at radius 1 is 0.879 bits per heavy atom. The van der Waals surface area contributed by atoms with E-state index in [1.807, 2.05) is 23.5 Å². The van der Waals surface area contributed by atoms with Crippen molar-refractivity contribution >= 4 is 46.8 Å². The number of carbonyl (C=O) groups is 4. The number of aliphatic carboxylic acids is 4. The summed E-state index contributed by atoms with van der Waals surface area (Å²) in [5, 5.41) is 32.0. The molecule has 2 aromatic rings. The number of hydrogen-bond donors (Lipinski definition) is 4. The van der Waals surface area contributed by atoms with E-state index in [4.69, 9.17) is 32.0 Å². The standard InChI is InChI=1S/C14H14ClNS.2C4H4O4/c1-16-7-6-11-8-13(17-14(11)9-16)10-2-4-12(15)5-3-10;2*5-3(6)1-2-4(7)8/h2-5,8H,6-7,9H2,1H3;2*1-2H,(H,5,6)(H,7,8)/b;2*2-1-. The molecule has 9 nitrogen and oxygen atoms in total. The molecule has 0 spiro atoms. The van der Waals surface area contributed by atoms with E-state index in [9.17, 15) is 19.2 Å². The Kier molecular flexibility index (Phi) is 11.6. The van der Waals surface area contributed by atoms with Gasteiger partial charge in [-0.1, -0.05) is 23.7 Å². The van der Waals surface area contributed by atoms with Gasteiger partial charge in [0, 0.05) is 52.2 Å². The van der Waals surface area contributed by atoms with Crippen LogP contribution in [0.25, 0.3) is 10.4 Å². The van der Waals surface area contributed by atoms with E-state index in [1.54, 1.807) is 0 Å². The van der Waals surface area contributed by atoms with E-state index in [-0.39, 0.29) is 0 Å². The molecule has 0 fully saturated rings. The first-order valence-corrected chi connectivity index (χ1v) is 10.5. The van der Waals surface area contributed by atoms with Gasteiger partial charge < -0.3 is 25.3 Å². The van der Waals surface area contributed by atoms with Crippen LogP contribution in [0.3, 0.4) is 0 Å². The number of carboxylic acids is 4. The summed E-state index contributed by atoms with van der Waals surface area (Å²) in [5.74, 6) is -5.03. The Hall–Kier alpha value is -3.47. The molecule has 33 heavy (non-hydrogen) atoms. The summed E-state index contributed by atoms with van der Waals surface area (Å²) in [7, 11) is 2.19. The Labute approximate surface area is 198 Å². The van der Waals surface area contributed by atoms with Crippen LogP contribution in [0.1, 0.15) is 10.4 Å². The average molecular weight is 496 g/mol. The highest BCUT2D eigenvalue weighted by atomic mass is 35.5. The fraction of sp³-hybridized carbons (Fsp3) is 0.182. The molecule has 1 aromatic heterocycles. The maximum atomic E-state index is 9.55. The average Bonchev–Trinajstić information content (AvgIpc) is 3.15. The van der Waals surface area contributed by atoms with Crippen LogP contribution in [-0.4, -0.2) is 62.8 Å². The van der Waals surface area contributed by atoms with Crippen molar-refractivity contribution in [1.82, 2.24) is 4.90 Å². The predicted molar refractivity (Wildman–Crippen MR) is 124 cm³/mol. The molecule has 0 aliphatic carbocycles. The van der Waals surface area contributed by atoms with Gasteiger partial charge in [0.2, 0.25) is 0 Å². The molecular formula is C22H22ClNO8S. The number of fused-ring (bicyclic) bond motifs is 1. The molecular weight excluding hydrogens is 474 g/mol. The molecule has 1 aliphatic rings. The molecule has 11 heteroatoms. The van der Waals surface area contributed by atoms with Gasteiger partial charge in [-0.2, -0.15) is 0 Å². The maximum Gasteiger partial charge on any atom is 0.328 e. The van der Waals surface area contributed by atoms with Gasteiger partial charge in [0.1, 0.15) is 0 Å². The van der Waals surface area contributed by atoms with Crippen LogP contribution < -0.4 is 0 Å². The van der Waals surface area contributed by atoms with Crippen molar-refractivity contribution in [2.24, 2.45) is 0 Å². The zero-order valence-electron chi connectivity index (χ0n) is 17.5. The quantitative estimate of drug-likeness (QED) is 0.456. The highest BCUT2D eigenvalue weighted by Crippen LogP contribution is 2.34. The van der Waals surface area contributed by atoms with Crippen molar-refractivity contribution in [3.8, 4) is 10.4 Å². The third-order valence-corrected chi connectivity index (χ3v) is 5.40. The van der Waals surface area contributed by atoms with Crippen molar-refractivity contribution in [3.63, 3.8) is 0 Å². The minimum Gasteiger partial charge on any atom is -0.478 e. The summed E-state index contributed by atoms with van der Waals surface area (Å²) in [6.07, 6.45) is 3.41. The van der Waals surface area contributed by atoms with E-state index < -0.39 is 23.9 Å². The third kappa shape index (κ3) is 11.6. The van der Waals surface area contributed by atoms with Gasteiger partial charge in [-0.3, -0.25) is 0 Å². The first kappa shape index (κ1) is 27.6. The van der Waals surface area contributed by atoms with Crippen LogP contribution in [0.5, 0.6) is 0 Å². The summed E-state index contributed by atoms with van der Waals surface area (Å²) in [6, 6.07) is 10.5. The second-order valence-electron chi connectivity index (χ2n) is 6.57. The number of rotatable bonds is 5. The molecule has 0 amide bonds. The van der Waals surface area contributed by atoms with Gasteiger partial charge in [-0.05, 0) is 42.8 Å². The Morgan fingerprint density at radius 2 is 1.33 bits per heavy atom. The molecule has 0 atom stereocenters. The molecule has 176 valence electrons. The zero-order chi connectivity index (χ0) is 25.0. The molecule has 3 rings (SSSR count). The molecule has 1 aliphatic heterocycles. The Bertz CT molecular complexity index is 977. The summed E-state index contributed by atoms with van der Waals surface area (Å²) in [4.78, 5) is 43.5. The van der Waals surface area contributed by atoms with E-state index >= 15 is 0 Å². The van der Waals surface area contributed by atoms with Crippen molar-refractivity contribution in [3.05, 3.63) is 70.1 Å². The second kappa shape index (κ2) is 13.8. The van der Waals surface area contributed by atoms with Crippen LogP contribution >= 0.6 is 22.9 Å². The summed E-state index contributed by atoms with van der Waals surface area (Å²) >= 11 is 7.83. The smallest absolute Gasteiger partial charge is 0.328 e. The molecule has 0 radical (unpaired) electrons. The number of thiophene rings is 1. The van der Waals surface area contributed by atoms with Crippen molar-refractivity contribution < 1.29 is 39.6 Å². The number of likely N-dealkylation sites (N-methyl/N-ethyl adjacent to an activating group) is 1. The minimum absolute atomic E-state index is 0.558. The van der Waals surface area contributed by atoms with Crippen LogP contribution in [-0.2, 0) is 32.1 Å². The molecule has 2 heterocycles. The fourth-order valence-corrected chi connectivity index (χ4v) is 3.91. The molecule has 0 saturated heterocycles. The number of hydrogen-bond acceptors (Lipinski definition) is 6. The van der Waals surface area contributed by atoms with Gasteiger partial charge in [0.15, 0.2) is 0 Å². The van der Waals surface area contributed by atoms with E-state index in [2.05, 4.69) is 30.1 Å². The summed E-state index contributed by atoms with van der Waals surface area (Å²) in [5.41, 5.74) is 2.80. The first-order valence-electron chi connectivity index (χ1n) is 9.32. The predicted octanol–water partition coefficient (Wildman–Crippen LogP) is 3.48. The van der Waals surface area contributed by atoms with Crippen molar-refractivity contribution in [2.45, 2.75) is 13.0 Å². The van der Waals surface area contributed by atoms with Crippen LogP contribution in [0.15, 0.2) is 54.6 Å². The van der Waals surface area contributed by atoms with E-state index in [0.717, 1.165) is 11.6 Å². The highest BCUT2D eigenvalue weighted by molar-refractivity contribution is 7.15.